The van der Waals surface area contributed by atoms with Crippen molar-refractivity contribution in [3.8, 4) is 17.2 Å². The highest BCUT2D eigenvalue weighted by Gasteiger charge is 2.21. The Bertz CT molecular complexity index is 1380. The van der Waals surface area contributed by atoms with E-state index in [0.29, 0.717) is 35.2 Å². The molecule has 0 bridgehead atoms. The molecule has 184 valence electrons. The van der Waals surface area contributed by atoms with Gasteiger partial charge in [-0.15, -0.1) is 0 Å². The minimum atomic E-state index is -3.70. The minimum absolute atomic E-state index is 0.367. The molecule has 4 aromatic rings. The first kappa shape index (κ1) is 24.8. The highest BCUT2D eigenvalue weighted by atomic mass is 32.2. The topological polar surface area (TPSA) is 84.9 Å². The van der Waals surface area contributed by atoms with Gasteiger partial charge in [-0.3, -0.25) is 9.10 Å². The molecule has 4 aromatic carbocycles. The number of sulfonamides is 1. The number of nitrogens with zero attached hydrogens (tertiary/aromatic N) is 1. The maximum atomic E-state index is 12.7. The maximum Gasteiger partial charge on any atom is 0.245 e. The van der Waals surface area contributed by atoms with Crippen molar-refractivity contribution in [3.63, 3.8) is 0 Å². The van der Waals surface area contributed by atoms with Gasteiger partial charge in [0.25, 0.3) is 0 Å². The molecule has 0 heterocycles. The molecule has 1 N–H and O–H groups in total. The van der Waals surface area contributed by atoms with Crippen LogP contribution in [0.2, 0.25) is 0 Å². The first-order chi connectivity index (χ1) is 17.4. The standard InChI is InChI=1S/C28H26N2O5S/c1-36(32,33)30(24-14-18-25(19-15-24)34-21-22-8-4-2-5-9-22)20-28(31)29-23-12-16-27(17-13-23)35-26-10-6-3-7-11-26/h2-19H,20-21H2,1H3,(H,29,31). The molecule has 0 atom stereocenters. The van der Waals surface area contributed by atoms with Gasteiger partial charge in [-0.25, -0.2) is 8.42 Å². The van der Waals surface area contributed by atoms with Crippen molar-refractivity contribution in [3.05, 3.63) is 115 Å². The van der Waals surface area contributed by atoms with E-state index < -0.39 is 15.9 Å². The number of carbonyl (C=O) groups excluding carboxylic acids is 1. The Labute approximate surface area is 211 Å². The van der Waals surface area contributed by atoms with E-state index >= 15 is 0 Å². The van der Waals surface area contributed by atoms with Crippen LogP contribution in [-0.4, -0.2) is 27.1 Å². The van der Waals surface area contributed by atoms with Crippen molar-refractivity contribution in [1.29, 1.82) is 0 Å². The number of ether oxygens (including phenoxy) is 2. The van der Waals surface area contributed by atoms with Crippen LogP contribution in [0, 0.1) is 0 Å². The lowest BCUT2D eigenvalue weighted by molar-refractivity contribution is -0.114. The van der Waals surface area contributed by atoms with Gasteiger partial charge in [0.1, 0.15) is 30.4 Å². The third kappa shape index (κ3) is 7.10. The normalized spacial score (nSPS) is 10.9. The molecule has 4 rings (SSSR count). The van der Waals surface area contributed by atoms with E-state index in [0.717, 1.165) is 16.1 Å². The Morgan fingerprint density at radius 1 is 0.750 bits per heavy atom. The number of anilines is 2. The van der Waals surface area contributed by atoms with Crippen LogP contribution in [0.3, 0.4) is 0 Å². The molecule has 0 aliphatic rings. The summed E-state index contributed by atoms with van der Waals surface area (Å²) in [5.74, 6) is 1.45. The fourth-order valence-corrected chi connectivity index (χ4v) is 4.27. The number of rotatable bonds is 10. The van der Waals surface area contributed by atoms with E-state index in [2.05, 4.69) is 5.32 Å². The van der Waals surface area contributed by atoms with Crippen LogP contribution in [0.5, 0.6) is 17.2 Å². The summed E-state index contributed by atoms with van der Waals surface area (Å²) in [5.41, 5.74) is 1.92. The first-order valence-electron chi connectivity index (χ1n) is 11.2. The smallest absolute Gasteiger partial charge is 0.245 e. The molecule has 0 saturated carbocycles. The number of para-hydroxylation sites is 1. The highest BCUT2D eigenvalue weighted by Crippen LogP contribution is 2.24. The fourth-order valence-electron chi connectivity index (χ4n) is 3.41. The predicted molar refractivity (Wildman–Crippen MR) is 141 cm³/mol. The van der Waals surface area contributed by atoms with Gasteiger partial charge in [-0.2, -0.15) is 0 Å². The summed E-state index contributed by atoms with van der Waals surface area (Å²) in [6.07, 6.45) is 1.07. The van der Waals surface area contributed by atoms with Crippen LogP contribution in [-0.2, 0) is 21.4 Å². The molecule has 0 aliphatic carbocycles. The molecule has 1 amide bonds. The number of benzene rings is 4. The Balaban J connectivity index is 1.37. The maximum absolute atomic E-state index is 12.7. The molecule has 0 saturated heterocycles. The first-order valence-corrected chi connectivity index (χ1v) is 13.1. The summed E-state index contributed by atoms with van der Waals surface area (Å²) < 4.78 is 37.4. The second-order valence-corrected chi connectivity index (χ2v) is 9.93. The van der Waals surface area contributed by atoms with Crippen molar-refractivity contribution in [2.24, 2.45) is 0 Å². The summed E-state index contributed by atoms with van der Waals surface area (Å²) in [7, 11) is -3.70. The third-order valence-corrected chi connectivity index (χ3v) is 6.32. The third-order valence-electron chi connectivity index (χ3n) is 5.18. The minimum Gasteiger partial charge on any atom is -0.489 e. The Hall–Kier alpha value is -4.30. The zero-order valence-corrected chi connectivity index (χ0v) is 20.5. The van der Waals surface area contributed by atoms with Crippen LogP contribution in [0.4, 0.5) is 11.4 Å². The molecule has 0 unspecified atom stereocenters. The molecular weight excluding hydrogens is 476 g/mol. The summed E-state index contributed by atoms with van der Waals surface area (Å²) in [5, 5.41) is 2.73. The van der Waals surface area contributed by atoms with Gasteiger partial charge in [0.15, 0.2) is 0 Å². The second kappa shape index (κ2) is 11.4. The second-order valence-electron chi connectivity index (χ2n) is 8.03. The number of hydrogen-bond acceptors (Lipinski definition) is 5. The van der Waals surface area contributed by atoms with Gasteiger partial charge in [0.05, 0.1) is 11.9 Å². The summed E-state index contributed by atoms with van der Waals surface area (Å²) in [6.45, 7) is 0.0267. The van der Waals surface area contributed by atoms with Gasteiger partial charge in [-0.05, 0) is 66.2 Å². The van der Waals surface area contributed by atoms with Crippen molar-refractivity contribution >= 4 is 27.3 Å². The Morgan fingerprint density at radius 2 is 1.31 bits per heavy atom. The van der Waals surface area contributed by atoms with Crippen molar-refractivity contribution in [2.75, 3.05) is 22.4 Å². The van der Waals surface area contributed by atoms with Crippen LogP contribution in [0.1, 0.15) is 5.56 Å². The molecule has 8 heteroatoms. The largest absolute Gasteiger partial charge is 0.489 e. The van der Waals surface area contributed by atoms with E-state index in [-0.39, 0.29) is 6.54 Å². The van der Waals surface area contributed by atoms with Crippen molar-refractivity contribution < 1.29 is 22.7 Å². The molecule has 0 aliphatic heterocycles. The zero-order valence-electron chi connectivity index (χ0n) is 19.7. The van der Waals surface area contributed by atoms with Crippen molar-refractivity contribution in [1.82, 2.24) is 0 Å². The lowest BCUT2D eigenvalue weighted by Gasteiger charge is -2.22. The summed E-state index contributed by atoms with van der Waals surface area (Å²) in [6, 6.07) is 32.5. The average molecular weight is 503 g/mol. The number of amides is 1. The van der Waals surface area contributed by atoms with E-state index in [9.17, 15) is 13.2 Å². The summed E-state index contributed by atoms with van der Waals surface area (Å²) >= 11 is 0. The molecule has 0 radical (unpaired) electrons. The monoisotopic (exact) mass is 502 g/mol. The van der Waals surface area contributed by atoms with Crippen LogP contribution in [0.25, 0.3) is 0 Å². The summed E-state index contributed by atoms with van der Waals surface area (Å²) in [4.78, 5) is 12.7. The SMILES string of the molecule is CS(=O)(=O)N(CC(=O)Nc1ccc(Oc2ccccc2)cc1)c1ccc(OCc2ccccc2)cc1. The highest BCUT2D eigenvalue weighted by molar-refractivity contribution is 7.92. The van der Waals surface area contributed by atoms with E-state index in [1.54, 1.807) is 48.5 Å². The van der Waals surface area contributed by atoms with Gasteiger partial charge >= 0.3 is 0 Å². The number of hydrogen-bond donors (Lipinski definition) is 1. The van der Waals surface area contributed by atoms with E-state index in [1.165, 1.54) is 0 Å². The molecular formula is C28H26N2O5S. The van der Waals surface area contributed by atoms with Gasteiger partial charge in [-0.1, -0.05) is 48.5 Å². The zero-order chi connectivity index (χ0) is 25.4. The Kier molecular flexibility index (Phi) is 7.87. The lowest BCUT2D eigenvalue weighted by Crippen LogP contribution is -2.37. The van der Waals surface area contributed by atoms with Gasteiger partial charge < -0.3 is 14.8 Å². The number of carbonyl (C=O) groups is 1. The van der Waals surface area contributed by atoms with E-state index in [1.807, 2.05) is 60.7 Å². The molecule has 0 spiro atoms. The predicted octanol–water partition coefficient (Wildman–Crippen LogP) is 5.46. The molecule has 7 nitrogen and oxygen atoms in total. The number of nitrogens with one attached hydrogen (secondary N) is 1. The van der Waals surface area contributed by atoms with Crippen molar-refractivity contribution in [2.45, 2.75) is 6.61 Å². The Morgan fingerprint density at radius 3 is 1.92 bits per heavy atom. The van der Waals surface area contributed by atoms with Crippen LogP contribution >= 0.6 is 0 Å². The van der Waals surface area contributed by atoms with E-state index in [4.69, 9.17) is 9.47 Å². The molecule has 0 aromatic heterocycles. The quantitative estimate of drug-likeness (QED) is 0.311. The average Bonchev–Trinajstić information content (AvgIpc) is 2.88. The fraction of sp³-hybridized carbons (Fsp3) is 0.107. The van der Waals surface area contributed by atoms with Gasteiger partial charge in [0, 0.05) is 5.69 Å². The van der Waals surface area contributed by atoms with Crippen LogP contribution in [0.15, 0.2) is 109 Å². The van der Waals surface area contributed by atoms with Crippen LogP contribution < -0.4 is 19.1 Å². The van der Waals surface area contributed by atoms with Gasteiger partial charge in [0.2, 0.25) is 15.9 Å². The lowest BCUT2D eigenvalue weighted by atomic mass is 10.2. The molecule has 0 fully saturated rings. The molecule has 36 heavy (non-hydrogen) atoms.